The molecule has 0 saturated carbocycles. The lowest BCUT2D eigenvalue weighted by Gasteiger charge is -2.07. The van der Waals surface area contributed by atoms with Crippen LogP contribution in [0.4, 0.5) is 5.82 Å². The van der Waals surface area contributed by atoms with Crippen LogP contribution in [0.1, 0.15) is 10.4 Å². The molecule has 0 unspecified atom stereocenters. The average molecular weight is 280 g/mol. The predicted molar refractivity (Wildman–Crippen MR) is 69.7 cm³/mol. The number of methoxy groups -OCH3 is 1. The molecule has 0 saturated heterocycles. The smallest absolute Gasteiger partial charge is 0.260 e. The number of hydrogen-bond donors (Lipinski definition) is 2. The van der Waals surface area contributed by atoms with E-state index in [4.69, 9.17) is 16.3 Å². The first-order chi connectivity index (χ1) is 9.10. The molecular weight excluding hydrogens is 270 g/mol. The van der Waals surface area contributed by atoms with Crippen LogP contribution in [0.15, 0.2) is 30.6 Å². The Morgan fingerprint density at radius 2 is 2.16 bits per heavy atom. The van der Waals surface area contributed by atoms with Gasteiger partial charge in [-0.2, -0.15) is 0 Å². The number of nitrogens with one attached hydrogen (secondary N) is 1. The average Bonchev–Trinajstić information content (AvgIpc) is 2.42. The van der Waals surface area contributed by atoms with Gasteiger partial charge in [0.1, 0.15) is 16.7 Å². The number of phenols is 1. The Morgan fingerprint density at radius 1 is 1.37 bits per heavy atom. The summed E-state index contributed by atoms with van der Waals surface area (Å²) in [6, 6.07) is 4.35. The Kier molecular flexibility index (Phi) is 3.82. The van der Waals surface area contributed by atoms with Gasteiger partial charge in [0.25, 0.3) is 5.91 Å². The van der Waals surface area contributed by atoms with Crippen molar-refractivity contribution in [3.05, 3.63) is 41.3 Å². The molecule has 6 nitrogen and oxygen atoms in total. The molecule has 2 aromatic rings. The summed E-state index contributed by atoms with van der Waals surface area (Å²) < 4.78 is 4.99. The van der Waals surface area contributed by atoms with E-state index < -0.39 is 5.91 Å². The Hall–Kier alpha value is -2.34. The molecule has 0 atom stereocenters. The first-order valence-electron chi connectivity index (χ1n) is 5.26. The van der Waals surface area contributed by atoms with Crippen molar-refractivity contribution < 1.29 is 14.6 Å². The molecule has 98 valence electrons. The van der Waals surface area contributed by atoms with Gasteiger partial charge in [-0.25, -0.2) is 9.97 Å². The van der Waals surface area contributed by atoms with Crippen LogP contribution < -0.4 is 10.1 Å². The quantitative estimate of drug-likeness (QED) is 0.899. The molecule has 0 bridgehead atoms. The molecule has 1 aromatic carbocycles. The number of anilines is 1. The van der Waals surface area contributed by atoms with Gasteiger partial charge in [0.2, 0.25) is 0 Å². The van der Waals surface area contributed by atoms with Crippen LogP contribution in [0, 0.1) is 0 Å². The van der Waals surface area contributed by atoms with Crippen molar-refractivity contribution in [1.82, 2.24) is 9.97 Å². The van der Waals surface area contributed by atoms with Gasteiger partial charge < -0.3 is 15.2 Å². The zero-order chi connectivity index (χ0) is 13.8. The minimum absolute atomic E-state index is 0.0797. The Morgan fingerprint density at radius 3 is 2.79 bits per heavy atom. The van der Waals surface area contributed by atoms with E-state index in [9.17, 15) is 9.90 Å². The summed E-state index contributed by atoms with van der Waals surface area (Å²) >= 11 is 5.59. The number of halogens is 1. The summed E-state index contributed by atoms with van der Waals surface area (Å²) in [7, 11) is 1.47. The number of carbonyl (C=O) groups is 1. The Bertz CT molecular complexity index is 602. The highest BCUT2D eigenvalue weighted by atomic mass is 35.5. The molecule has 0 aliphatic rings. The van der Waals surface area contributed by atoms with Crippen molar-refractivity contribution in [2.75, 3.05) is 12.4 Å². The number of rotatable bonds is 3. The van der Waals surface area contributed by atoms with Crippen LogP contribution in [-0.2, 0) is 0 Å². The van der Waals surface area contributed by atoms with Crippen LogP contribution in [0.3, 0.4) is 0 Å². The van der Waals surface area contributed by atoms with Crippen LogP contribution in [0.2, 0.25) is 5.15 Å². The molecule has 0 fully saturated rings. The van der Waals surface area contributed by atoms with Crippen molar-refractivity contribution in [3.63, 3.8) is 0 Å². The topological polar surface area (TPSA) is 84.3 Å². The fourth-order valence-electron chi connectivity index (χ4n) is 1.38. The molecule has 0 aliphatic carbocycles. The molecule has 19 heavy (non-hydrogen) atoms. The maximum atomic E-state index is 12.0. The first kappa shape index (κ1) is 13.1. The van der Waals surface area contributed by atoms with Crippen LogP contribution in [-0.4, -0.2) is 28.1 Å². The summed E-state index contributed by atoms with van der Waals surface area (Å²) in [5.74, 6) is 0.0232. The zero-order valence-electron chi connectivity index (χ0n) is 9.92. The molecule has 1 amide bonds. The SMILES string of the molecule is COc1ccc(O)c(C(=O)Nc2cnc(Cl)cn2)c1. The molecule has 0 spiro atoms. The molecule has 2 N–H and O–H groups in total. The van der Waals surface area contributed by atoms with E-state index in [-0.39, 0.29) is 22.3 Å². The van der Waals surface area contributed by atoms with Crippen molar-refractivity contribution in [3.8, 4) is 11.5 Å². The van der Waals surface area contributed by atoms with Gasteiger partial charge in [-0.3, -0.25) is 4.79 Å². The second-order valence-electron chi connectivity index (χ2n) is 3.56. The monoisotopic (exact) mass is 279 g/mol. The van der Waals surface area contributed by atoms with Crippen molar-refractivity contribution >= 4 is 23.3 Å². The molecule has 1 aromatic heterocycles. The number of aromatic nitrogens is 2. The van der Waals surface area contributed by atoms with Crippen LogP contribution in [0.5, 0.6) is 11.5 Å². The lowest BCUT2D eigenvalue weighted by atomic mass is 10.2. The fourth-order valence-corrected chi connectivity index (χ4v) is 1.48. The zero-order valence-corrected chi connectivity index (χ0v) is 10.7. The fraction of sp³-hybridized carbons (Fsp3) is 0.0833. The molecule has 1 heterocycles. The minimum Gasteiger partial charge on any atom is -0.507 e. The molecule has 0 aliphatic heterocycles. The highest BCUT2D eigenvalue weighted by Crippen LogP contribution is 2.23. The van der Waals surface area contributed by atoms with Gasteiger partial charge in [0.15, 0.2) is 5.82 Å². The van der Waals surface area contributed by atoms with Gasteiger partial charge >= 0.3 is 0 Å². The third kappa shape index (κ3) is 3.11. The van der Waals surface area contributed by atoms with Crippen molar-refractivity contribution in [2.24, 2.45) is 0 Å². The van der Waals surface area contributed by atoms with Crippen LogP contribution in [0.25, 0.3) is 0 Å². The summed E-state index contributed by atoms with van der Waals surface area (Å²) in [5.41, 5.74) is 0.0797. The van der Waals surface area contributed by atoms with Gasteiger partial charge in [-0.1, -0.05) is 11.6 Å². The molecule has 0 radical (unpaired) electrons. The van der Waals surface area contributed by atoms with E-state index in [0.29, 0.717) is 5.75 Å². The van der Waals surface area contributed by atoms with Gasteiger partial charge in [0.05, 0.1) is 25.1 Å². The first-order valence-corrected chi connectivity index (χ1v) is 5.64. The predicted octanol–water partition coefficient (Wildman–Crippen LogP) is 2.10. The van der Waals surface area contributed by atoms with Gasteiger partial charge in [0, 0.05) is 0 Å². The normalized spacial score (nSPS) is 10.0. The number of carbonyl (C=O) groups excluding carboxylic acids is 1. The number of aromatic hydroxyl groups is 1. The van der Waals surface area contributed by atoms with Crippen LogP contribution >= 0.6 is 11.6 Å². The van der Waals surface area contributed by atoms with Crippen molar-refractivity contribution in [1.29, 1.82) is 0 Å². The Balaban J connectivity index is 2.22. The second kappa shape index (κ2) is 5.53. The molecular formula is C12H10ClN3O3. The van der Waals surface area contributed by atoms with Crippen molar-refractivity contribution in [2.45, 2.75) is 0 Å². The summed E-state index contributed by atoms with van der Waals surface area (Å²) in [4.78, 5) is 19.6. The van der Waals surface area contributed by atoms with E-state index in [0.717, 1.165) is 0 Å². The van der Waals surface area contributed by atoms with Gasteiger partial charge in [-0.05, 0) is 18.2 Å². The number of amides is 1. The second-order valence-corrected chi connectivity index (χ2v) is 3.95. The number of nitrogens with zero attached hydrogens (tertiary/aromatic N) is 2. The van der Waals surface area contributed by atoms with E-state index in [1.54, 1.807) is 6.07 Å². The highest BCUT2D eigenvalue weighted by Gasteiger charge is 2.13. The number of phenolic OH excluding ortho intramolecular Hbond substituents is 1. The third-order valence-corrected chi connectivity index (χ3v) is 2.51. The standard InChI is InChI=1S/C12H10ClN3O3/c1-19-7-2-3-9(17)8(4-7)12(18)16-11-6-14-10(13)5-15-11/h2-6,17H,1H3,(H,15,16,18). The van der Waals surface area contributed by atoms with Gasteiger partial charge in [-0.15, -0.1) is 0 Å². The summed E-state index contributed by atoms with van der Waals surface area (Å²) in [5, 5.41) is 12.4. The number of ether oxygens (including phenoxy) is 1. The minimum atomic E-state index is -0.520. The van der Waals surface area contributed by atoms with E-state index in [1.165, 1.54) is 31.6 Å². The molecule has 7 heteroatoms. The summed E-state index contributed by atoms with van der Waals surface area (Å²) in [6.45, 7) is 0. The largest absolute Gasteiger partial charge is 0.507 e. The van der Waals surface area contributed by atoms with E-state index in [2.05, 4.69) is 15.3 Å². The lowest BCUT2D eigenvalue weighted by Crippen LogP contribution is -2.13. The highest BCUT2D eigenvalue weighted by molar-refractivity contribution is 6.29. The molecule has 2 rings (SSSR count). The maximum absolute atomic E-state index is 12.0. The number of benzene rings is 1. The summed E-state index contributed by atoms with van der Waals surface area (Å²) in [6.07, 6.45) is 2.63. The van der Waals surface area contributed by atoms with E-state index in [1.807, 2.05) is 0 Å². The lowest BCUT2D eigenvalue weighted by molar-refractivity contribution is 0.102. The van der Waals surface area contributed by atoms with E-state index >= 15 is 0 Å². The third-order valence-electron chi connectivity index (χ3n) is 2.31. The Labute approximate surface area is 114 Å². The number of hydrogen-bond acceptors (Lipinski definition) is 5. The maximum Gasteiger partial charge on any atom is 0.260 e.